The van der Waals surface area contributed by atoms with Crippen LogP contribution in [0.4, 0.5) is 4.39 Å². The predicted octanol–water partition coefficient (Wildman–Crippen LogP) is 1.26. The van der Waals surface area contributed by atoms with Gasteiger partial charge in [0.2, 0.25) is 5.91 Å². The molecule has 0 spiro atoms. The number of methoxy groups -OCH3 is 1. The molecule has 0 radical (unpaired) electrons. The Labute approximate surface area is 112 Å². The molecule has 6 heteroatoms. The second-order valence-electron chi connectivity index (χ2n) is 3.61. The van der Waals surface area contributed by atoms with Crippen molar-refractivity contribution in [3.05, 3.63) is 29.6 Å². The molecule has 102 valence electrons. The number of carbonyl (C=O) groups is 1. The van der Waals surface area contributed by atoms with Crippen LogP contribution in [0.3, 0.4) is 0 Å². The Balaban J connectivity index is 0.00000289. The minimum atomic E-state index is -0.390. The van der Waals surface area contributed by atoms with Crippen LogP contribution < -0.4 is 15.8 Å². The highest BCUT2D eigenvalue weighted by Crippen LogP contribution is 2.17. The Morgan fingerprint density at radius 3 is 2.78 bits per heavy atom. The molecule has 0 aliphatic rings. The SMILES string of the molecule is COc1ccc(CCNC(=O)CCN)cc1F.Cl. The number of hydrogen-bond acceptors (Lipinski definition) is 3. The zero-order chi connectivity index (χ0) is 12.7. The number of halogens is 2. The van der Waals surface area contributed by atoms with Crippen molar-refractivity contribution in [2.45, 2.75) is 12.8 Å². The molecule has 1 rings (SSSR count). The number of hydrogen-bond donors (Lipinski definition) is 2. The average Bonchev–Trinajstić information content (AvgIpc) is 2.29. The van der Waals surface area contributed by atoms with Gasteiger partial charge in [0.05, 0.1) is 7.11 Å². The molecular weight excluding hydrogens is 259 g/mol. The smallest absolute Gasteiger partial charge is 0.221 e. The van der Waals surface area contributed by atoms with Crippen LogP contribution in [0.25, 0.3) is 0 Å². The highest BCUT2D eigenvalue weighted by Gasteiger charge is 2.04. The van der Waals surface area contributed by atoms with Gasteiger partial charge >= 0.3 is 0 Å². The number of benzene rings is 1. The highest BCUT2D eigenvalue weighted by atomic mass is 35.5. The first-order valence-corrected chi connectivity index (χ1v) is 5.46. The van der Waals surface area contributed by atoms with Crippen molar-refractivity contribution in [3.63, 3.8) is 0 Å². The fraction of sp³-hybridized carbons (Fsp3) is 0.417. The summed E-state index contributed by atoms with van der Waals surface area (Å²) in [5.74, 6) is -0.249. The lowest BCUT2D eigenvalue weighted by Crippen LogP contribution is -2.27. The van der Waals surface area contributed by atoms with Crippen molar-refractivity contribution >= 4 is 18.3 Å². The quantitative estimate of drug-likeness (QED) is 0.822. The molecule has 3 N–H and O–H groups in total. The molecule has 4 nitrogen and oxygen atoms in total. The van der Waals surface area contributed by atoms with Gasteiger partial charge in [-0.15, -0.1) is 12.4 Å². The van der Waals surface area contributed by atoms with Crippen LogP contribution in [-0.2, 0) is 11.2 Å². The predicted molar refractivity (Wildman–Crippen MR) is 70.6 cm³/mol. The van der Waals surface area contributed by atoms with Gasteiger partial charge in [-0.25, -0.2) is 4.39 Å². The van der Waals surface area contributed by atoms with Gasteiger partial charge in [0.1, 0.15) is 0 Å². The molecule has 0 atom stereocenters. The van der Waals surface area contributed by atoms with Gasteiger partial charge in [-0.1, -0.05) is 6.07 Å². The molecule has 0 saturated carbocycles. The van der Waals surface area contributed by atoms with Crippen LogP contribution in [0.2, 0.25) is 0 Å². The average molecular weight is 277 g/mol. The van der Waals surface area contributed by atoms with E-state index >= 15 is 0 Å². The molecule has 0 fully saturated rings. The van der Waals surface area contributed by atoms with E-state index in [2.05, 4.69) is 5.32 Å². The maximum atomic E-state index is 13.3. The third-order valence-electron chi connectivity index (χ3n) is 2.32. The van der Waals surface area contributed by atoms with Crippen LogP contribution in [0.1, 0.15) is 12.0 Å². The molecule has 0 aromatic heterocycles. The number of ether oxygens (including phenoxy) is 1. The van der Waals surface area contributed by atoms with Crippen LogP contribution in [0, 0.1) is 5.82 Å². The summed E-state index contributed by atoms with van der Waals surface area (Å²) < 4.78 is 18.1. The van der Waals surface area contributed by atoms with E-state index in [1.165, 1.54) is 13.2 Å². The first-order chi connectivity index (χ1) is 8.17. The lowest BCUT2D eigenvalue weighted by Gasteiger charge is -2.06. The van der Waals surface area contributed by atoms with E-state index in [0.717, 1.165) is 5.56 Å². The van der Waals surface area contributed by atoms with Crippen molar-refractivity contribution in [3.8, 4) is 5.75 Å². The van der Waals surface area contributed by atoms with Crippen molar-refractivity contribution in [1.29, 1.82) is 0 Å². The fourth-order valence-electron chi connectivity index (χ4n) is 1.43. The highest BCUT2D eigenvalue weighted by molar-refractivity contribution is 5.85. The number of rotatable bonds is 6. The van der Waals surface area contributed by atoms with E-state index in [4.69, 9.17) is 10.5 Å². The molecule has 18 heavy (non-hydrogen) atoms. The second-order valence-corrected chi connectivity index (χ2v) is 3.61. The summed E-state index contributed by atoms with van der Waals surface area (Å²) in [6.07, 6.45) is 0.897. The Kier molecular flexibility index (Phi) is 8.07. The normalized spacial score (nSPS) is 9.50. The summed E-state index contributed by atoms with van der Waals surface area (Å²) in [6.45, 7) is 0.813. The van der Waals surface area contributed by atoms with Crippen molar-refractivity contribution < 1.29 is 13.9 Å². The lowest BCUT2D eigenvalue weighted by molar-refractivity contribution is -0.120. The van der Waals surface area contributed by atoms with Gasteiger partial charge in [0, 0.05) is 19.5 Å². The van der Waals surface area contributed by atoms with Gasteiger partial charge < -0.3 is 15.8 Å². The van der Waals surface area contributed by atoms with Gasteiger partial charge in [-0.3, -0.25) is 4.79 Å². The Morgan fingerprint density at radius 2 is 2.22 bits per heavy atom. The van der Waals surface area contributed by atoms with Crippen molar-refractivity contribution in [1.82, 2.24) is 5.32 Å². The molecule has 0 aliphatic heterocycles. The summed E-state index contributed by atoms with van der Waals surface area (Å²) in [4.78, 5) is 11.1. The largest absolute Gasteiger partial charge is 0.494 e. The van der Waals surface area contributed by atoms with E-state index < -0.39 is 5.82 Å². The summed E-state index contributed by atoms with van der Waals surface area (Å²) in [6, 6.07) is 4.76. The van der Waals surface area contributed by atoms with Crippen LogP contribution in [-0.4, -0.2) is 26.1 Å². The summed E-state index contributed by atoms with van der Waals surface area (Å²) >= 11 is 0. The maximum Gasteiger partial charge on any atom is 0.221 e. The van der Waals surface area contributed by atoms with Gasteiger partial charge in [-0.2, -0.15) is 0 Å². The van der Waals surface area contributed by atoms with Gasteiger partial charge in [-0.05, 0) is 24.1 Å². The van der Waals surface area contributed by atoms with Gasteiger partial charge in [0.15, 0.2) is 11.6 Å². The molecule has 0 unspecified atom stereocenters. The molecular formula is C12H18ClFN2O2. The van der Waals surface area contributed by atoms with E-state index in [0.29, 0.717) is 25.9 Å². The minimum absolute atomic E-state index is 0. The standard InChI is InChI=1S/C12H17FN2O2.ClH/c1-17-11-3-2-9(8-10(11)13)5-7-15-12(16)4-6-14;/h2-3,8H,4-7,14H2,1H3,(H,15,16);1H. The van der Waals surface area contributed by atoms with Crippen LogP contribution >= 0.6 is 12.4 Å². The fourth-order valence-corrected chi connectivity index (χ4v) is 1.43. The summed E-state index contributed by atoms with van der Waals surface area (Å²) in [5, 5.41) is 2.71. The third kappa shape index (κ3) is 5.33. The number of nitrogens with two attached hydrogens (primary N) is 1. The number of nitrogens with one attached hydrogen (secondary N) is 1. The Bertz CT molecular complexity index is 388. The zero-order valence-corrected chi connectivity index (χ0v) is 11.1. The first-order valence-electron chi connectivity index (χ1n) is 5.46. The summed E-state index contributed by atoms with van der Waals surface area (Å²) in [5.41, 5.74) is 6.06. The minimum Gasteiger partial charge on any atom is -0.494 e. The molecule has 1 aromatic rings. The van der Waals surface area contributed by atoms with Crippen molar-refractivity contribution in [2.24, 2.45) is 5.73 Å². The monoisotopic (exact) mass is 276 g/mol. The molecule has 1 aromatic carbocycles. The molecule has 0 aliphatic carbocycles. The van der Waals surface area contributed by atoms with E-state index in [9.17, 15) is 9.18 Å². The maximum absolute atomic E-state index is 13.3. The first kappa shape index (κ1) is 16.7. The van der Waals surface area contributed by atoms with Crippen LogP contribution in [0.15, 0.2) is 18.2 Å². The Morgan fingerprint density at radius 1 is 1.50 bits per heavy atom. The number of carbonyl (C=O) groups excluding carboxylic acids is 1. The lowest BCUT2D eigenvalue weighted by atomic mass is 10.1. The molecule has 0 saturated heterocycles. The van der Waals surface area contributed by atoms with Crippen LogP contribution in [0.5, 0.6) is 5.75 Å². The summed E-state index contributed by atoms with van der Waals surface area (Å²) in [7, 11) is 1.42. The van der Waals surface area contributed by atoms with Crippen molar-refractivity contribution in [2.75, 3.05) is 20.2 Å². The molecule has 0 heterocycles. The second kappa shape index (κ2) is 8.72. The molecule has 1 amide bonds. The Hall–Kier alpha value is -1.33. The third-order valence-corrected chi connectivity index (χ3v) is 2.32. The number of amides is 1. The molecule has 0 bridgehead atoms. The van der Waals surface area contributed by atoms with E-state index in [-0.39, 0.29) is 24.1 Å². The van der Waals surface area contributed by atoms with Gasteiger partial charge in [0.25, 0.3) is 0 Å². The zero-order valence-electron chi connectivity index (χ0n) is 10.2. The topological polar surface area (TPSA) is 64.3 Å². The van der Waals surface area contributed by atoms with E-state index in [1.54, 1.807) is 12.1 Å². The van der Waals surface area contributed by atoms with E-state index in [1.807, 2.05) is 0 Å².